The lowest BCUT2D eigenvalue weighted by molar-refractivity contribution is 0.119. The molecule has 0 spiro atoms. The molecule has 1 aromatic carbocycles. The summed E-state index contributed by atoms with van der Waals surface area (Å²) in [5.41, 5.74) is 2.34. The summed E-state index contributed by atoms with van der Waals surface area (Å²) >= 11 is 1.77. The Labute approximate surface area is 106 Å². The van der Waals surface area contributed by atoms with E-state index < -0.39 is 0 Å². The molecule has 1 heterocycles. The molecule has 17 heavy (non-hydrogen) atoms. The average Bonchev–Trinajstić information content (AvgIpc) is 2.89. The molecular formula is C14H17NOS. The summed E-state index contributed by atoms with van der Waals surface area (Å²) in [5.74, 6) is 0. The van der Waals surface area contributed by atoms with Gasteiger partial charge in [-0.3, -0.25) is 0 Å². The fraction of sp³-hybridized carbons (Fsp3) is 0.286. The van der Waals surface area contributed by atoms with E-state index in [0.29, 0.717) is 0 Å². The molecule has 0 aliphatic carbocycles. The monoisotopic (exact) mass is 247 g/mol. The first-order valence-electron chi connectivity index (χ1n) is 5.68. The van der Waals surface area contributed by atoms with Crippen molar-refractivity contribution < 1.29 is 4.74 Å². The lowest BCUT2D eigenvalue weighted by atomic mass is 10.1. The first-order valence-corrected chi connectivity index (χ1v) is 6.56. The van der Waals surface area contributed by atoms with Gasteiger partial charge in [-0.15, -0.1) is 11.3 Å². The van der Waals surface area contributed by atoms with E-state index in [4.69, 9.17) is 4.74 Å². The Kier molecular flexibility index (Phi) is 4.18. The van der Waals surface area contributed by atoms with Crippen LogP contribution in [0.2, 0.25) is 0 Å². The van der Waals surface area contributed by atoms with Crippen LogP contribution in [0.5, 0.6) is 0 Å². The van der Waals surface area contributed by atoms with Crippen molar-refractivity contribution in [1.29, 1.82) is 0 Å². The predicted molar refractivity (Wildman–Crippen MR) is 73.5 cm³/mol. The van der Waals surface area contributed by atoms with Gasteiger partial charge in [-0.25, -0.2) is 0 Å². The van der Waals surface area contributed by atoms with E-state index in [-0.39, 0.29) is 6.10 Å². The molecular weight excluding hydrogens is 230 g/mol. The lowest BCUT2D eigenvalue weighted by Gasteiger charge is -2.12. The molecule has 0 saturated heterocycles. The molecule has 3 heteroatoms. The van der Waals surface area contributed by atoms with Gasteiger partial charge in [-0.1, -0.05) is 18.2 Å². The van der Waals surface area contributed by atoms with E-state index in [2.05, 4.69) is 54.0 Å². The maximum absolute atomic E-state index is 5.32. The Morgan fingerprint density at radius 2 is 2.18 bits per heavy atom. The highest BCUT2D eigenvalue weighted by Crippen LogP contribution is 2.20. The zero-order chi connectivity index (χ0) is 12.1. The fourth-order valence-corrected chi connectivity index (χ4v) is 2.28. The van der Waals surface area contributed by atoms with Crippen LogP contribution in [0.1, 0.15) is 23.5 Å². The second-order valence-electron chi connectivity index (χ2n) is 3.94. The summed E-state index contributed by atoms with van der Waals surface area (Å²) < 4.78 is 5.32. The minimum absolute atomic E-state index is 0.137. The van der Waals surface area contributed by atoms with Gasteiger partial charge in [0.25, 0.3) is 0 Å². The SMILES string of the molecule is CO[C@@H](C)c1cccc(NCc2cccs2)c1. The average molecular weight is 247 g/mol. The zero-order valence-electron chi connectivity index (χ0n) is 10.1. The van der Waals surface area contributed by atoms with E-state index in [1.807, 2.05) is 0 Å². The molecule has 1 aromatic heterocycles. The summed E-state index contributed by atoms with van der Waals surface area (Å²) in [6.07, 6.45) is 0.137. The Morgan fingerprint density at radius 1 is 1.29 bits per heavy atom. The summed E-state index contributed by atoms with van der Waals surface area (Å²) in [6, 6.07) is 12.6. The van der Waals surface area contributed by atoms with Crippen LogP contribution in [0.15, 0.2) is 41.8 Å². The highest BCUT2D eigenvalue weighted by Gasteiger charge is 2.03. The van der Waals surface area contributed by atoms with Crippen molar-refractivity contribution in [3.05, 3.63) is 52.2 Å². The number of hydrogen-bond donors (Lipinski definition) is 1. The summed E-state index contributed by atoms with van der Waals surface area (Å²) in [6.45, 7) is 2.93. The Morgan fingerprint density at radius 3 is 2.88 bits per heavy atom. The summed E-state index contributed by atoms with van der Waals surface area (Å²) in [4.78, 5) is 1.34. The van der Waals surface area contributed by atoms with E-state index in [9.17, 15) is 0 Å². The maximum atomic E-state index is 5.32. The van der Waals surface area contributed by atoms with Gasteiger partial charge < -0.3 is 10.1 Å². The van der Waals surface area contributed by atoms with Crippen LogP contribution in [0, 0.1) is 0 Å². The molecule has 2 nitrogen and oxygen atoms in total. The van der Waals surface area contributed by atoms with Gasteiger partial charge in [0.1, 0.15) is 0 Å². The number of benzene rings is 1. The second-order valence-corrected chi connectivity index (χ2v) is 4.97. The number of nitrogens with one attached hydrogen (secondary N) is 1. The molecule has 2 aromatic rings. The first-order chi connectivity index (χ1) is 8.29. The zero-order valence-corrected chi connectivity index (χ0v) is 11.0. The van der Waals surface area contributed by atoms with Crippen molar-refractivity contribution in [3.8, 4) is 0 Å². The molecule has 0 fully saturated rings. The molecule has 0 aliphatic rings. The standard InChI is InChI=1S/C14H17NOS/c1-11(16-2)12-5-3-6-13(9-12)15-10-14-7-4-8-17-14/h3-9,11,15H,10H2,1-2H3/t11-/m0/s1. The number of thiophene rings is 1. The normalized spacial score (nSPS) is 12.4. The summed E-state index contributed by atoms with van der Waals surface area (Å²) in [7, 11) is 1.73. The van der Waals surface area contributed by atoms with Gasteiger partial charge in [0.2, 0.25) is 0 Å². The van der Waals surface area contributed by atoms with Crippen molar-refractivity contribution in [2.24, 2.45) is 0 Å². The fourth-order valence-electron chi connectivity index (χ4n) is 1.64. The minimum Gasteiger partial charge on any atom is -0.380 e. The molecule has 90 valence electrons. The number of ether oxygens (including phenoxy) is 1. The number of rotatable bonds is 5. The van der Waals surface area contributed by atoms with Crippen LogP contribution in [-0.2, 0) is 11.3 Å². The van der Waals surface area contributed by atoms with Crippen LogP contribution in [0.25, 0.3) is 0 Å². The third-order valence-corrected chi connectivity index (χ3v) is 3.63. The second kappa shape index (κ2) is 5.84. The molecule has 1 N–H and O–H groups in total. The van der Waals surface area contributed by atoms with Gasteiger partial charge in [-0.2, -0.15) is 0 Å². The topological polar surface area (TPSA) is 21.3 Å². The summed E-state index contributed by atoms with van der Waals surface area (Å²) in [5, 5.41) is 5.52. The molecule has 0 aliphatic heterocycles. The molecule has 1 atom stereocenters. The van der Waals surface area contributed by atoms with Crippen LogP contribution >= 0.6 is 11.3 Å². The largest absolute Gasteiger partial charge is 0.380 e. The van der Waals surface area contributed by atoms with Gasteiger partial charge in [0.15, 0.2) is 0 Å². The van der Waals surface area contributed by atoms with Crippen molar-refractivity contribution in [2.75, 3.05) is 12.4 Å². The molecule has 0 bridgehead atoms. The number of methoxy groups -OCH3 is 1. The van der Waals surface area contributed by atoms with Crippen molar-refractivity contribution in [1.82, 2.24) is 0 Å². The van der Waals surface area contributed by atoms with Crippen LogP contribution in [0.4, 0.5) is 5.69 Å². The quantitative estimate of drug-likeness (QED) is 0.860. The van der Waals surface area contributed by atoms with Gasteiger partial charge in [0.05, 0.1) is 6.10 Å². The van der Waals surface area contributed by atoms with Crippen molar-refractivity contribution in [2.45, 2.75) is 19.6 Å². The van der Waals surface area contributed by atoms with E-state index in [1.165, 1.54) is 10.4 Å². The van der Waals surface area contributed by atoms with E-state index in [1.54, 1.807) is 18.4 Å². The number of hydrogen-bond acceptors (Lipinski definition) is 3. The smallest absolute Gasteiger partial charge is 0.0793 e. The molecule has 2 rings (SSSR count). The molecule has 0 unspecified atom stereocenters. The molecule has 0 radical (unpaired) electrons. The van der Waals surface area contributed by atoms with E-state index in [0.717, 1.165) is 12.2 Å². The minimum atomic E-state index is 0.137. The van der Waals surface area contributed by atoms with Crippen molar-refractivity contribution >= 4 is 17.0 Å². The van der Waals surface area contributed by atoms with E-state index >= 15 is 0 Å². The van der Waals surface area contributed by atoms with Crippen LogP contribution < -0.4 is 5.32 Å². The van der Waals surface area contributed by atoms with Gasteiger partial charge >= 0.3 is 0 Å². The van der Waals surface area contributed by atoms with Crippen LogP contribution in [-0.4, -0.2) is 7.11 Å². The lowest BCUT2D eigenvalue weighted by Crippen LogP contribution is -2.00. The van der Waals surface area contributed by atoms with Crippen molar-refractivity contribution in [3.63, 3.8) is 0 Å². The maximum Gasteiger partial charge on any atom is 0.0793 e. The third kappa shape index (κ3) is 3.32. The Bertz CT molecular complexity index is 453. The third-order valence-electron chi connectivity index (χ3n) is 2.76. The first kappa shape index (κ1) is 12.1. The predicted octanol–water partition coefficient (Wildman–Crippen LogP) is 4.07. The van der Waals surface area contributed by atoms with Crippen LogP contribution in [0.3, 0.4) is 0 Å². The number of anilines is 1. The highest BCUT2D eigenvalue weighted by atomic mass is 32.1. The Balaban J connectivity index is 2.01. The molecule has 0 saturated carbocycles. The van der Waals surface area contributed by atoms with Gasteiger partial charge in [-0.05, 0) is 36.1 Å². The highest BCUT2D eigenvalue weighted by molar-refractivity contribution is 7.09. The molecule has 0 amide bonds. The Hall–Kier alpha value is -1.32. The van der Waals surface area contributed by atoms with Gasteiger partial charge in [0, 0.05) is 24.2 Å².